The minimum atomic E-state index is -2.07. The third-order valence-corrected chi connectivity index (χ3v) is 12.0. The van der Waals surface area contributed by atoms with Crippen LogP contribution in [0.4, 0.5) is 0 Å². The summed E-state index contributed by atoms with van der Waals surface area (Å²) < 4.78 is 0. The molecule has 1 rings (SSSR count). The first-order chi connectivity index (χ1) is 35.7. The summed E-state index contributed by atoms with van der Waals surface area (Å²) in [6.45, 7) is 11.7. The molecule has 0 aromatic heterocycles. The summed E-state index contributed by atoms with van der Waals surface area (Å²) in [6.07, 6.45) is -3.48. The van der Waals surface area contributed by atoms with Crippen molar-refractivity contribution in [1.82, 2.24) is 42.1 Å². The van der Waals surface area contributed by atoms with Crippen LogP contribution in [0.2, 0.25) is 0 Å². The molecule has 0 aliphatic carbocycles. The largest absolute Gasteiger partial charge is 0.481 e. The van der Waals surface area contributed by atoms with Gasteiger partial charge in [0, 0.05) is 20.0 Å². The van der Waals surface area contributed by atoms with Crippen LogP contribution in [0.25, 0.3) is 0 Å². The van der Waals surface area contributed by atoms with Gasteiger partial charge in [0.05, 0.1) is 31.6 Å². The van der Waals surface area contributed by atoms with E-state index in [4.69, 9.17) is 22.9 Å². The lowest BCUT2D eigenvalue weighted by atomic mass is 9.85. The van der Waals surface area contributed by atoms with Gasteiger partial charge in [-0.15, -0.1) is 0 Å². The van der Waals surface area contributed by atoms with Gasteiger partial charge in [-0.3, -0.25) is 52.9 Å². The minimum absolute atomic E-state index is 0.00234. The second kappa shape index (κ2) is 32.2. The van der Waals surface area contributed by atoms with E-state index in [0.29, 0.717) is 5.56 Å². The van der Waals surface area contributed by atoms with E-state index in [0.717, 1.165) is 11.8 Å². The lowest BCUT2D eigenvalue weighted by molar-refractivity contribution is -0.154. The number of carboxylic acids is 2. The van der Waals surface area contributed by atoms with E-state index in [-0.39, 0.29) is 50.5 Å². The van der Waals surface area contributed by atoms with E-state index in [1.165, 1.54) is 14.0 Å². The topological polar surface area (TPSA) is 473 Å². The number of hydrogen-bond acceptors (Lipinski definition) is 15. The van der Waals surface area contributed by atoms with Crippen molar-refractivity contribution in [2.45, 2.75) is 161 Å². The van der Waals surface area contributed by atoms with Gasteiger partial charge in [0.2, 0.25) is 53.2 Å². The zero-order valence-corrected chi connectivity index (χ0v) is 45.2. The number of rotatable bonds is 33. The molecule has 0 heterocycles. The van der Waals surface area contributed by atoms with E-state index in [9.17, 15) is 73.2 Å². The van der Waals surface area contributed by atoms with Crippen LogP contribution in [-0.4, -0.2) is 177 Å². The average molecular weight is 1090 g/mol. The van der Waals surface area contributed by atoms with Crippen LogP contribution in [0.5, 0.6) is 0 Å². The first-order valence-electron chi connectivity index (χ1n) is 25.0. The molecule has 0 aliphatic rings. The summed E-state index contributed by atoms with van der Waals surface area (Å²) in [5, 5.41) is 57.1. The van der Waals surface area contributed by atoms with Gasteiger partial charge in [0.1, 0.15) is 48.3 Å². The van der Waals surface area contributed by atoms with E-state index in [2.05, 4.69) is 42.2 Å². The molecule has 0 radical (unpaired) electrons. The number of nitrogens with one attached hydrogen (secondary N) is 7. The fraction of sp³-hybridized carbons (Fsp3) is 0.633. The van der Waals surface area contributed by atoms with Crippen LogP contribution < -0.4 is 60.2 Å². The number of nitrogens with zero attached hydrogens (tertiary/aromatic N) is 2. The van der Waals surface area contributed by atoms with Gasteiger partial charge < -0.3 is 85.5 Å². The van der Waals surface area contributed by atoms with Gasteiger partial charge >= 0.3 is 11.9 Å². The number of aliphatic imine (C=N–C) groups is 1. The molecule has 0 unspecified atom stereocenters. The first kappa shape index (κ1) is 67.6. The summed E-state index contributed by atoms with van der Waals surface area (Å²) >= 11 is 0. The molecular formula is C49H81N13O15. The zero-order chi connectivity index (χ0) is 59.1. The molecule has 432 valence electrons. The Bertz CT molecular complexity index is 2240. The molecule has 9 amide bonds. The number of aliphatic hydroxyl groups is 2. The minimum Gasteiger partial charge on any atom is -0.481 e. The highest BCUT2D eigenvalue weighted by Gasteiger charge is 2.41. The molecule has 0 saturated heterocycles. The predicted octanol–water partition coefficient (Wildman–Crippen LogP) is -4.22. The Morgan fingerprint density at radius 2 is 1.14 bits per heavy atom. The molecule has 0 fully saturated rings. The number of carbonyl (C=O) groups excluding carboxylic acids is 9. The molecule has 77 heavy (non-hydrogen) atoms. The first-order valence-corrected chi connectivity index (χ1v) is 25.0. The molecule has 0 bridgehead atoms. The number of carbonyl (C=O) groups is 11. The molecular weight excluding hydrogens is 1010 g/mol. The average Bonchev–Trinajstić information content (AvgIpc) is 3.32. The number of hydrogen-bond donors (Lipinski definition) is 15. The fourth-order valence-corrected chi connectivity index (χ4v) is 7.88. The van der Waals surface area contributed by atoms with Crippen LogP contribution >= 0.6 is 0 Å². The van der Waals surface area contributed by atoms with Gasteiger partial charge in [-0.1, -0.05) is 85.2 Å². The van der Waals surface area contributed by atoms with E-state index in [1.807, 2.05) is 13.8 Å². The van der Waals surface area contributed by atoms with E-state index < -0.39 is 156 Å². The van der Waals surface area contributed by atoms with Crippen molar-refractivity contribution >= 4 is 71.1 Å². The molecule has 0 saturated carbocycles. The molecule has 28 heteroatoms. The van der Waals surface area contributed by atoms with Crippen LogP contribution in [0, 0.1) is 17.3 Å². The quantitative estimate of drug-likeness (QED) is 0.0180. The van der Waals surface area contributed by atoms with Gasteiger partial charge in [-0.2, -0.15) is 0 Å². The standard InChI is InChI=1S/C49H81N13O15/c1-10-25(4)36(44(73)59-33(23-63)43(72)58-32(20-27-15-12-11-13-16-27)46(75)62(9)38(47(76)77)49(6,7)8)60-42(71)30(21-34(51)65)56-41(70)31(22-35(66)67)57-45(74)37(26(5)64)61-40(69)29(17-14-18-54-48(52)53)55-39(68)28(50)19-24(2)3/h11-13,15-16,24-26,28-33,36-38,63-64H,10,14,17-23,50H2,1-9H3,(H2,51,65)(H,55,68)(H,56,70)(H,57,74)(H,58,72)(H,59,73)(H,60,71)(H,61,69)(H,66,67)(H,76,77)(H4,52,53,54)/t25-,26+,28-,29-,30-,31-,32-,33-,36-,37-,38+/m0/s1. The number of primary amides is 1. The van der Waals surface area contributed by atoms with Crippen molar-refractivity contribution in [3.05, 3.63) is 35.9 Å². The van der Waals surface area contributed by atoms with Gasteiger partial charge in [0.15, 0.2) is 5.96 Å². The van der Waals surface area contributed by atoms with Crippen molar-refractivity contribution in [2.75, 3.05) is 20.2 Å². The molecule has 1 aromatic carbocycles. The van der Waals surface area contributed by atoms with Crippen molar-refractivity contribution in [3.63, 3.8) is 0 Å². The normalized spacial score (nSPS) is 15.6. The van der Waals surface area contributed by atoms with Crippen molar-refractivity contribution in [3.8, 4) is 0 Å². The third kappa shape index (κ3) is 23.5. The third-order valence-electron chi connectivity index (χ3n) is 12.0. The Kier molecular flexibility index (Phi) is 28.2. The lowest BCUT2D eigenvalue weighted by Gasteiger charge is -2.37. The van der Waals surface area contributed by atoms with Crippen LogP contribution in [0.15, 0.2) is 35.3 Å². The fourth-order valence-electron chi connectivity index (χ4n) is 7.88. The summed E-state index contributed by atoms with van der Waals surface area (Å²) in [6, 6.07) is -6.01. The molecule has 19 N–H and O–H groups in total. The number of aliphatic hydroxyl groups excluding tert-OH is 2. The number of carboxylic acid groups (broad SMARTS) is 2. The molecule has 1 aromatic rings. The lowest BCUT2D eigenvalue weighted by Crippen LogP contribution is -2.63. The van der Waals surface area contributed by atoms with Gasteiger partial charge in [-0.25, -0.2) is 4.79 Å². The Morgan fingerprint density at radius 1 is 0.662 bits per heavy atom. The van der Waals surface area contributed by atoms with Crippen molar-refractivity contribution in [2.24, 2.45) is 45.2 Å². The zero-order valence-electron chi connectivity index (χ0n) is 45.2. The maximum Gasteiger partial charge on any atom is 0.326 e. The number of amides is 9. The van der Waals surface area contributed by atoms with Crippen LogP contribution in [0.3, 0.4) is 0 Å². The van der Waals surface area contributed by atoms with Gasteiger partial charge in [0.25, 0.3) is 0 Å². The summed E-state index contributed by atoms with van der Waals surface area (Å²) in [5.41, 5.74) is 21.8. The Hall–Kier alpha value is -7.46. The SMILES string of the molecule is CC[C@H](C)[C@H](NC(=O)[C@H](CC(N)=O)NC(=O)[C@H](CC(=O)O)NC(=O)[C@@H](NC(=O)[C@H](CCCN=C(N)N)NC(=O)[C@@H](N)CC(C)C)[C@@H](C)O)C(=O)N[C@@H](CO)C(=O)N[C@@H](Cc1ccccc1)C(=O)N(C)[C@H](C(=O)O)C(C)(C)C. The molecule has 11 atom stereocenters. The second-order valence-electron chi connectivity index (χ2n) is 20.3. The highest BCUT2D eigenvalue weighted by atomic mass is 16.4. The molecule has 0 spiro atoms. The second-order valence-corrected chi connectivity index (χ2v) is 20.3. The van der Waals surface area contributed by atoms with E-state index in [1.54, 1.807) is 58.0 Å². The Morgan fingerprint density at radius 3 is 1.64 bits per heavy atom. The number of benzene rings is 1. The summed E-state index contributed by atoms with van der Waals surface area (Å²) in [7, 11) is 1.27. The van der Waals surface area contributed by atoms with E-state index >= 15 is 0 Å². The monoisotopic (exact) mass is 1090 g/mol. The Balaban J connectivity index is 3.47. The number of guanidine groups is 1. The molecule has 28 nitrogen and oxygen atoms in total. The summed E-state index contributed by atoms with van der Waals surface area (Å²) in [5.74, 6) is -13.7. The Labute approximate surface area is 447 Å². The number of likely N-dealkylation sites (N-methyl/N-ethyl adjacent to an activating group) is 1. The van der Waals surface area contributed by atoms with Crippen LogP contribution in [-0.2, 0) is 59.2 Å². The number of nitrogens with two attached hydrogens (primary N) is 4. The smallest absolute Gasteiger partial charge is 0.326 e. The highest BCUT2D eigenvalue weighted by Crippen LogP contribution is 2.25. The van der Waals surface area contributed by atoms with Crippen molar-refractivity contribution < 1.29 is 73.2 Å². The predicted molar refractivity (Wildman–Crippen MR) is 279 cm³/mol. The highest BCUT2D eigenvalue weighted by molar-refractivity contribution is 6.00. The van der Waals surface area contributed by atoms with Gasteiger partial charge in [-0.05, 0) is 49.0 Å². The molecule has 0 aliphatic heterocycles. The maximum atomic E-state index is 14.0. The van der Waals surface area contributed by atoms with Crippen LogP contribution in [0.1, 0.15) is 99.5 Å². The maximum absolute atomic E-state index is 14.0. The van der Waals surface area contributed by atoms with Crippen molar-refractivity contribution in [1.29, 1.82) is 0 Å². The summed E-state index contributed by atoms with van der Waals surface area (Å²) in [4.78, 5) is 151. The number of aliphatic carboxylic acids is 2.